The number of amides is 1. The van der Waals surface area contributed by atoms with E-state index in [0.717, 1.165) is 11.1 Å². The van der Waals surface area contributed by atoms with Gasteiger partial charge in [-0.2, -0.15) is 0 Å². The Morgan fingerprint density at radius 2 is 1.84 bits per heavy atom. The molecule has 0 saturated heterocycles. The number of ether oxygens (including phenoxy) is 2. The van der Waals surface area contributed by atoms with Crippen molar-refractivity contribution in [3.05, 3.63) is 93.5 Å². The number of methoxy groups -OCH3 is 1. The molecule has 0 aliphatic carbocycles. The molecule has 0 radical (unpaired) electrons. The number of aliphatic hydroxyl groups excluding tert-OH is 1. The number of fused-ring (bicyclic) bond motifs is 1. The van der Waals surface area contributed by atoms with Crippen LogP contribution in [0.1, 0.15) is 21.5 Å². The monoisotopic (exact) mass is 434 g/mol. The molecule has 0 aromatic heterocycles. The first-order valence-electron chi connectivity index (χ1n) is 10.1. The number of nitro groups is 1. The summed E-state index contributed by atoms with van der Waals surface area (Å²) in [6.45, 7) is -0.0721. The first-order chi connectivity index (χ1) is 15.5. The lowest BCUT2D eigenvalue weighted by atomic mass is 10.1. The van der Waals surface area contributed by atoms with Gasteiger partial charge in [0.25, 0.3) is 11.6 Å². The van der Waals surface area contributed by atoms with E-state index in [1.807, 2.05) is 42.5 Å². The molecule has 1 atom stereocenters. The van der Waals surface area contributed by atoms with Crippen molar-refractivity contribution in [3.8, 4) is 11.5 Å². The molecular weight excluding hydrogens is 412 g/mol. The highest BCUT2D eigenvalue weighted by Gasteiger charge is 2.37. The molecule has 3 aromatic carbocycles. The molecule has 8 nitrogen and oxygen atoms in total. The fourth-order valence-electron chi connectivity index (χ4n) is 3.89. The molecule has 8 heteroatoms. The van der Waals surface area contributed by atoms with Crippen LogP contribution in [0.25, 0.3) is 0 Å². The normalized spacial score (nSPS) is 14.7. The molecular formula is C24H22N2O6. The standard InChI is InChI=1S/C24H22N2O6/c1-31-22-12-19(24(28)25-18(14-27)11-17-9-5-6-10-20(17)25)21(26(29)30)13-23(22)32-15-16-7-3-2-4-8-16/h2-10,12-13,18,27H,11,14-15H2,1H3/t18-/m1/s1. The predicted octanol–water partition coefficient (Wildman–Crippen LogP) is 3.75. The number of para-hydroxylation sites is 1. The van der Waals surface area contributed by atoms with Crippen molar-refractivity contribution < 1.29 is 24.3 Å². The summed E-state index contributed by atoms with van der Waals surface area (Å²) in [5.41, 5.74) is 1.90. The first kappa shape index (κ1) is 21.3. The third-order valence-corrected chi connectivity index (χ3v) is 5.45. The van der Waals surface area contributed by atoms with E-state index in [4.69, 9.17) is 9.47 Å². The molecule has 0 saturated carbocycles. The maximum absolute atomic E-state index is 13.5. The minimum Gasteiger partial charge on any atom is -0.493 e. The topological polar surface area (TPSA) is 102 Å². The van der Waals surface area contributed by atoms with Crippen molar-refractivity contribution in [1.82, 2.24) is 0 Å². The molecule has 4 rings (SSSR count). The van der Waals surface area contributed by atoms with E-state index >= 15 is 0 Å². The third-order valence-electron chi connectivity index (χ3n) is 5.45. The molecule has 1 amide bonds. The van der Waals surface area contributed by atoms with E-state index in [-0.39, 0.29) is 36.0 Å². The van der Waals surface area contributed by atoms with Crippen LogP contribution in [0, 0.1) is 10.1 Å². The van der Waals surface area contributed by atoms with Gasteiger partial charge in [-0.25, -0.2) is 0 Å². The van der Waals surface area contributed by atoms with Gasteiger partial charge in [0.2, 0.25) is 0 Å². The summed E-state index contributed by atoms with van der Waals surface area (Å²) < 4.78 is 11.1. The van der Waals surface area contributed by atoms with Gasteiger partial charge in [0, 0.05) is 11.8 Å². The van der Waals surface area contributed by atoms with Gasteiger partial charge in [0.15, 0.2) is 11.5 Å². The molecule has 1 N–H and O–H groups in total. The Labute approximate surface area is 184 Å². The summed E-state index contributed by atoms with van der Waals surface area (Å²) >= 11 is 0. The zero-order valence-corrected chi connectivity index (χ0v) is 17.4. The second-order valence-corrected chi connectivity index (χ2v) is 7.40. The SMILES string of the molecule is COc1cc(C(=O)N2c3ccccc3C[C@@H]2CO)c([N+](=O)[O-])cc1OCc1ccccc1. The second kappa shape index (κ2) is 9.07. The summed E-state index contributed by atoms with van der Waals surface area (Å²) in [5.74, 6) is -0.198. The van der Waals surface area contributed by atoms with Crippen molar-refractivity contribution in [2.75, 3.05) is 18.6 Å². The fourth-order valence-corrected chi connectivity index (χ4v) is 3.89. The Balaban J connectivity index is 1.72. The molecule has 1 heterocycles. The summed E-state index contributed by atoms with van der Waals surface area (Å²) in [6.07, 6.45) is 0.474. The molecule has 32 heavy (non-hydrogen) atoms. The van der Waals surface area contributed by atoms with E-state index in [0.29, 0.717) is 12.1 Å². The van der Waals surface area contributed by atoms with Gasteiger partial charge >= 0.3 is 0 Å². The number of rotatable bonds is 7. The van der Waals surface area contributed by atoms with E-state index < -0.39 is 16.9 Å². The van der Waals surface area contributed by atoms with Gasteiger partial charge in [-0.05, 0) is 23.6 Å². The van der Waals surface area contributed by atoms with Crippen LogP contribution in [0.3, 0.4) is 0 Å². The number of benzene rings is 3. The molecule has 164 valence electrons. The van der Waals surface area contributed by atoms with E-state index in [1.54, 1.807) is 12.1 Å². The number of carbonyl (C=O) groups is 1. The number of nitro benzene ring substituents is 1. The molecule has 0 unspecified atom stereocenters. The molecule has 0 bridgehead atoms. The van der Waals surface area contributed by atoms with E-state index in [1.165, 1.54) is 24.1 Å². The first-order valence-corrected chi connectivity index (χ1v) is 10.1. The number of anilines is 1. The van der Waals surface area contributed by atoms with Crippen molar-refractivity contribution in [3.63, 3.8) is 0 Å². The Bertz CT molecular complexity index is 1150. The van der Waals surface area contributed by atoms with Crippen molar-refractivity contribution in [2.24, 2.45) is 0 Å². The minimum atomic E-state index is -0.613. The predicted molar refractivity (Wildman–Crippen MR) is 118 cm³/mol. The van der Waals surface area contributed by atoms with Crippen LogP contribution in [0.2, 0.25) is 0 Å². The van der Waals surface area contributed by atoms with Crippen LogP contribution in [-0.4, -0.2) is 35.7 Å². The van der Waals surface area contributed by atoms with Crippen LogP contribution in [0.4, 0.5) is 11.4 Å². The quantitative estimate of drug-likeness (QED) is 0.449. The number of hydrogen-bond donors (Lipinski definition) is 1. The van der Waals surface area contributed by atoms with Crippen LogP contribution in [-0.2, 0) is 13.0 Å². The van der Waals surface area contributed by atoms with Crippen LogP contribution in [0.5, 0.6) is 11.5 Å². The van der Waals surface area contributed by atoms with Gasteiger partial charge in [0.05, 0.1) is 30.7 Å². The highest BCUT2D eigenvalue weighted by Crippen LogP contribution is 2.39. The summed E-state index contributed by atoms with van der Waals surface area (Å²) in [4.78, 5) is 26.1. The number of aliphatic hydroxyl groups is 1. The molecule has 0 spiro atoms. The van der Waals surface area contributed by atoms with E-state index in [2.05, 4.69) is 0 Å². The average Bonchev–Trinajstić information content (AvgIpc) is 3.21. The zero-order chi connectivity index (χ0) is 22.7. The molecule has 3 aromatic rings. The second-order valence-electron chi connectivity index (χ2n) is 7.40. The molecule has 0 fully saturated rings. The van der Waals surface area contributed by atoms with Gasteiger partial charge in [0.1, 0.15) is 12.2 Å². The smallest absolute Gasteiger partial charge is 0.286 e. The number of nitrogens with zero attached hydrogens (tertiary/aromatic N) is 2. The average molecular weight is 434 g/mol. The minimum absolute atomic E-state index is 0.130. The van der Waals surface area contributed by atoms with Crippen molar-refractivity contribution in [1.29, 1.82) is 0 Å². The molecule has 1 aliphatic heterocycles. The third kappa shape index (κ3) is 4.00. The Morgan fingerprint density at radius 1 is 1.12 bits per heavy atom. The maximum atomic E-state index is 13.5. The van der Waals surface area contributed by atoms with Crippen LogP contribution < -0.4 is 14.4 Å². The summed E-state index contributed by atoms with van der Waals surface area (Å²) in [5, 5.41) is 21.7. The Kier molecular flexibility index (Phi) is 6.04. The summed E-state index contributed by atoms with van der Waals surface area (Å²) in [7, 11) is 1.41. The Morgan fingerprint density at radius 3 is 2.53 bits per heavy atom. The van der Waals surface area contributed by atoms with Crippen molar-refractivity contribution >= 4 is 17.3 Å². The highest BCUT2D eigenvalue weighted by molar-refractivity contribution is 6.10. The maximum Gasteiger partial charge on any atom is 0.286 e. The fraction of sp³-hybridized carbons (Fsp3) is 0.208. The highest BCUT2D eigenvalue weighted by atomic mass is 16.6. The molecule has 1 aliphatic rings. The lowest BCUT2D eigenvalue weighted by Crippen LogP contribution is -2.40. The van der Waals surface area contributed by atoms with Crippen LogP contribution >= 0.6 is 0 Å². The van der Waals surface area contributed by atoms with Crippen LogP contribution in [0.15, 0.2) is 66.7 Å². The van der Waals surface area contributed by atoms with Gasteiger partial charge in [-0.3, -0.25) is 14.9 Å². The number of carbonyl (C=O) groups excluding carboxylic acids is 1. The zero-order valence-electron chi connectivity index (χ0n) is 17.4. The van der Waals surface area contributed by atoms with Crippen molar-refractivity contribution in [2.45, 2.75) is 19.1 Å². The van der Waals surface area contributed by atoms with Gasteiger partial charge in [-0.15, -0.1) is 0 Å². The van der Waals surface area contributed by atoms with E-state index in [9.17, 15) is 20.0 Å². The summed E-state index contributed by atoms with van der Waals surface area (Å²) in [6, 6.07) is 18.7. The largest absolute Gasteiger partial charge is 0.493 e. The van der Waals surface area contributed by atoms with Gasteiger partial charge in [-0.1, -0.05) is 48.5 Å². The number of hydrogen-bond acceptors (Lipinski definition) is 6. The van der Waals surface area contributed by atoms with Gasteiger partial charge < -0.3 is 19.5 Å². The lowest BCUT2D eigenvalue weighted by Gasteiger charge is -2.24. The Hall–Kier alpha value is -3.91. The lowest BCUT2D eigenvalue weighted by molar-refractivity contribution is -0.385.